The molecule has 0 radical (unpaired) electrons. The highest BCUT2D eigenvalue weighted by molar-refractivity contribution is 6.31. The first-order valence-electron chi connectivity index (χ1n) is 6.61. The number of ether oxygens (including phenoxy) is 1. The number of carbonyl (C=O) groups excluding carboxylic acids is 1. The summed E-state index contributed by atoms with van der Waals surface area (Å²) in [4.78, 5) is 11.9. The molecule has 0 aliphatic rings. The average molecular weight is 305 g/mol. The van der Waals surface area contributed by atoms with Crippen LogP contribution in [0.1, 0.15) is 5.56 Å². The van der Waals surface area contributed by atoms with Crippen LogP contribution in [0.5, 0.6) is 5.75 Å². The molecule has 0 saturated heterocycles. The Bertz CT molecular complexity index is 602. The number of rotatable bonds is 5. The molecule has 2 N–H and O–H groups in total. The van der Waals surface area contributed by atoms with Crippen LogP contribution in [-0.4, -0.2) is 19.7 Å². The zero-order chi connectivity index (χ0) is 15.1. The van der Waals surface area contributed by atoms with Gasteiger partial charge in [0.2, 0.25) is 0 Å². The Morgan fingerprint density at radius 3 is 2.67 bits per heavy atom. The fourth-order valence-corrected chi connectivity index (χ4v) is 2.08. The summed E-state index contributed by atoms with van der Waals surface area (Å²) >= 11 is 5.91. The van der Waals surface area contributed by atoms with Gasteiger partial charge in [0.25, 0.3) is 0 Å². The molecule has 2 aromatic carbocycles. The summed E-state index contributed by atoms with van der Waals surface area (Å²) in [5, 5.41) is 6.07. The van der Waals surface area contributed by atoms with Crippen molar-refractivity contribution in [3.63, 3.8) is 0 Å². The van der Waals surface area contributed by atoms with E-state index < -0.39 is 0 Å². The second-order valence-electron chi connectivity index (χ2n) is 4.46. The van der Waals surface area contributed by atoms with Crippen LogP contribution < -0.4 is 15.4 Å². The maximum absolute atomic E-state index is 11.9. The fraction of sp³-hybridized carbons (Fsp3) is 0.188. The summed E-state index contributed by atoms with van der Waals surface area (Å²) in [6.45, 7) is 0.554. The quantitative estimate of drug-likeness (QED) is 0.884. The Labute approximate surface area is 129 Å². The van der Waals surface area contributed by atoms with E-state index in [9.17, 15) is 4.79 Å². The van der Waals surface area contributed by atoms with Crippen LogP contribution in [0, 0.1) is 0 Å². The molecule has 0 unspecified atom stereocenters. The highest BCUT2D eigenvalue weighted by atomic mass is 35.5. The largest absolute Gasteiger partial charge is 0.495 e. The molecule has 2 aromatic rings. The maximum Gasteiger partial charge on any atom is 0.319 e. The molecule has 0 aliphatic carbocycles. The Morgan fingerprint density at radius 2 is 1.95 bits per heavy atom. The van der Waals surface area contributed by atoms with Crippen LogP contribution in [0.25, 0.3) is 0 Å². The molecular formula is C16H17ClN2O2. The van der Waals surface area contributed by atoms with Crippen molar-refractivity contribution >= 4 is 23.3 Å². The molecule has 21 heavy (non-hydrogen) atoms. The summed E-state index contributed by atoms with van der Waals surface area (Å²) < 4.78 is 5.17. The zero-order valence-electron chi connectivity index (χ0n) is 11.7. The summed E-state index contributed by atoms with van der Waals surface area (Å²) in [6.07, 6.45) is 0.779. The molecule has 0 aliphatic heterocycles. The molecule has 0 atom stereocenters. The first-order valence-corrected chi connectivity index (χ1v) is 6.99. The van der Waals surface area contributed by atoms with Crippen molar-refractivity contribution in [3.05, 3.63) is 59.1 Å². The lowest BCUT2D eigenvalue weighted by molar-refractivity contribution is 0.252. The fourth-order valence-electron chi connectivity index (χ4n) is 1.91. The van der Waals surface area contributed by atoms with E-state index in [0.29, 0.717) is 23.0 Å². The molecular weight excluding hydrogens is 288 g/mol. The van der Waals surface area contributed by atoms with Crippen molar-refractivity contribution in [2.24, 2.45) is 0 Å². The minimum absolute atomic E-state index is 0.286. The zero-order valence-corrected chi connectivity index (χ0v) is 12.5. The number of nitrogens with one attached hydrogen (secondary N) is 2. The van der Waals surface area contributed by atoms with Crippen LogP contribution in [-0.2, 0) is 6.42 Å². The van der Waals surface area contributed by atoms with Crippen molar-refractivity contribution in [2.75, 3.05) is 19.0 Å². The van der Waals surface area contributed by atoms with Gasteiger partial charge in [0, 0.05) is 11.6 Å². The predicted molar refractivity (Wildman–Crippen MR) is 85.2 cm³/mol. The molecule has 110 valence electrons. The highest BCUT2D eigenvalue weighted by Gasteiger charge is 2.07. The van der Waals surface area contributed by atoms with E-state index in [4.69, 9.17) is 16.3 Å². The normalized spacial score (nSPS) is 10.0. The monoisotopic (exact) mass is 304 g/mol. The average Bonchev–Trinajstić information content (AvgIpc) is 2.48. The second-order valence-corrected chi connectivity index (χ2v) is 4.90. The number of methoxy groups -OCH3 is 1. The summed E-state index contributed by atoms with van der Waals surface area (Å²) in [7, 11) is 1.54. The first kappa shape index (κ1) is 15.2. The number of hydrogen-bond acceptors (Lipinski definition) is 2. The Hall–Kier alpha value is -2.20. The van der Waals surface area contributed by atoms with Crippen molar-refractivity contribution in [1.29, 1.82) is 0 Å². The van der Waals surface area contributed by atoms with Gasteiger partial charge in [0.15, 0.2) is 0 Å². The van der Waals surface area contributed by atoms with Gasteiger partial charge < -0.3 is 15.4 Å². The number of amides is 2. The van der Waals surface area contributed by atoms with Crippen molar-refractivity contribution in [3.8, 4) is 5.75 Å². The molecule has 2 amide bonds. The Balaban J connectivity index is 1.86. The topological polar surface area (TPSA) is 50.4 Å². The number of halogens is 1. The van der Waals surface area contributed by atoms with Crippen LogP contribution >= 0.6 is 11.6 Å². The van der Waals surface area contributed by atoms with Gasteiger partial charge in [0.05, 0.1) is 12.8 Å². The van der Waals surface area contributed by atoms with Crippen LogP contribution in [0.4, 0.5) is 10.5 Å². The molecule has 0 bridgehead atoms. The van der Waals surface area contributed by atoms with Crippen molar-refractivity contribution in [2.45, 2.75) is 6.42 Å². The van der Waals surface area contributed by atoms with E-state index in [2.05, 4.69) is 10.6 Å². The number of benzene rings is 2. The standard InChI is InChI=1S/C16H17ClN2O2/c1-21-15-8-7-13(17)11-14(15)19-16(20)18-10-9-12-5-3-2-4-6-12/h2-8,11H,9-10H2,1H3,(H2,18,19,20). The van der Waals surface area contributed by atoms with Gasteiger partial charge in [0.1, 0.15) is 5.75 Å². The number of hydrogen-bond donors (Lipinski definition) is 2. The first-order chi connectivity index (χ1) is 10.2. The number of anilines is 1. The van der Waals surface area contributed by atoms with E-state index >= 15 is 0 Å². The lowest BCUT2D eigenvalue weighted by Crippen LogP contribution is -2.30. The van der Waals surface area contributed by atoms with Crippen LogP contribution in [0.3, 0.4) is 0 Å². The lowest BCUT2D eigenvalue weighted by Gasteiger charge is -2.11. The van der Waals surface area contributed by atoms with E-state index in [-0.39, 0.29) is 6.03 Å². The predicted octanol–water partition coefficient (Wildman–Crippen LogP) is 3.71. The summed E-state index contributed by atoms with van der Waals surface area (Å²) in [6, 6.07) is 14.8. The molecule has 4 nitrogen and oxygen atoms in total. The van der Waals surface area contributed by atoms with Gasteiger partial charge in [-0.2, -0.15) is 0 Å². The SMILES string of the molecule is COc1ccc(Cl)cc1NC(=O)NCCc1ccccc1. The van der Waals surface area contributed by atoms with Gasteiger partial charge >= 0.3 is 6.03 Å². The highest BCUT2D eigenvalue weighted by Crippen LogP contribution is 2.27. The van der Waals surface area contributed by atoms with Crippen LogP contribution in [0.2, 0.25) is 5.02 Å². The molecule has 0 spiro atoms. The second kappa shape index (κ2) is 7.55. The molecule has 0 aromatic heterocycles. The molecule has 2 rings (SSSR count). The molecule has 0 fully saturated rings. The van der Waals surface area contributed by atoms with Gasteiger partial charge in [-0.1, -0.05) is 41.9 Å². The van der Waals surface area contributed by atoms with E-state index in [0.717, 1.165) is 6.42 Å². The number of urea groups is 1. The third kappa shape index (κ3) is 4.68. The van der Waals surface area contributed by atoms with Crippen molar-refractivity contribution < 1.29 is 9.53 Å². The minimum atomic E-state index is -0.286. The van der Waals surface area contributed by atoms with E-state index in [1.165, 1.54) is 5.56 Å². The maximum atomic E-state index is 11.9. The third-order valence-corrected chi connectivity index (χ3v) is 3.19. The summed E-state index contributed by atoms with van der Waals surface area (Å²) in [5.41, 5.74) is 1.72. The van der Waals surface area contributed by atoms with Gasteiger partial charge in [-0.05, 0) is 30.2 Å². The van der Waals surface area contributed by atoms with Gasteiger partial charge in [-0.25, -0.2) is 4.79 Å². The lowest BCUT2D eigenvalue weighted by atomic mass is 10.1. The third-order valence-electron chi connectivity index (χ3n) is 2.95. The minimum Gasteiger partial charge on any atom is -0.495 e. The van der Waals surface area contributed by atoms with Crippen LogP contribution in [0.15, 0.2) is 48.5 Å². The van der Waals surface area contributed by atoms with E-state index in [1.807, 2.05) is 30.3 Å². The van der Waals surface area contributed by atoms with Crippen molar-refractivity contribution in [1.82, 2.24) is 5.32 Å². The molecule has 0 heterocycles. The number of carbonyl (C=O) groups is 1. The van der Waals surface area contributed by atoms with E-state index in [1.54, 1.807) is 25.3 Å². The smallest absolute Gasteiger partial charge is 0.319 e. The Kier molecular flexibility index (Phi) is 5.46. The van der Waals surface area contributed by atoms with Gasteiger partial charge in [-0.3, -0.25) is 0 Å². The molecule has 5 heteroatoms. The Morgan fingerprint density at radius 1 is 1.19 bits per heavy atom. The molecule has 0 saturated carbocycles. The summed E-state index contributed by atoms with van der Waals surface area (Å²) in [5.74, 6) is 0.567. The van der Waals surface area contributed by atoms with Gasteiger partial charge in [-0.15, -0.1) is 0 Å².